The van der Waals surface area contributed by atoms with E-state index in [1.165, 1.54) is 17.5 Å². The van der Waals surface area contributed by atoms with Crippen LogP contribution in [0.25, 0.3) is 0 Å². The van der Waals surface area contributed by atoms with E-state index in [4.69, 9.17) is 11.6 Å². The van der Waals surface area contributed by atoms with E-state index in [0.29, 0.717) is 17.4 Å². The first kappa shape index (κ1) is 18.1. The second-order valence-corrected chi connectivity index (χ2v) is 8.66. The van der Waals surface area contributed by atoms with Crippen molar-refractivity contribution in [2.45, 2.75) is 4.21 Å². The minimum atomic E-state index is -3.55. The molecule has 1 aliphatic rings. The molecule has 0 aromatic carbocycles. The Kier molecular flexibility index (Phi) is 5.98. The number of hydrogen-bond donors (Lipinski definition) is 1. The summed E-state index contributed by atoms with van der Waals surface area (Å²) in [5.74, 6) is -0.488. The molecular weight excluding hydrogens is 366 g/mol. The highest BCUT2D eigenvalue weighted by Crippen LogP contribution is 2.28. The van der Waals surface area contributed by atoms with Crippen LogP contribution in [0.1, 0.15) is 0 Å². The van der Waals surface area contributed by atoms with Gasteiger partial charge in [-0.1, -0.05) is 11.6 Å². The zero-order chi connectivity index (χ0) is 17.0. The fourth-order valence-corrected chi connectivity index (χ4v) is 5.16. The molecule has 1 saturated heterocycles. The average Bonchev–Trinajstić information content (AvgIpc) is 2.95. The fraction of sp³-hybridized carbons (Fsp3) is 0.500. The Balaban J connectivity index is 1.89. The maximum atomic E-state index is 12.4. The highest BCUT2D eigenvalue weighted by atomic mass is 35.5. The summed E-state index contributed by atoms with van der Waals surface area (Å²) >= 11 is 6.80. The van der Waals surface area contributed by atoms with E-state index in [9.17, 15) is 18.0 Å². The van der Waals surface area contributed by atoms with Crippen LogP contribution >= 0.6 is 22.9 Å². The van der Waals surface area contributed by atoms with E-state index in [1.807, 2.05) is 0 Å². The Morgan fingerprint density at radius 1 is 1.30 bits per heavy atom. The Bertz CT molecular complexity index is 683. The third kappa shape index (κ3) is 4.64. The number of nitrogens with zero attached hydrogens (tertiary/aromatic N) is 2. The molecular formula is C12H16ClN3O5S2. The number of methoxy groups -OCH3 is 1. The second kappa shape index (κ2) is 7.58. The quantitative estimate of drug-likeness (QED) is 0.820. The number of thiophene rings is 1. The van der Waals surface area contributed by atoms with Gasteiger partial charge in [-0.05, 0) is 12.1 Å². The van der Waals surface area contributed by atoms with Gasteiger partial charge in [0, 0.05) is 26.2 Å². The Morgan fingerprint density at radius 3 is 2.48 bits per heavy atom. The molecule has 0 unspecified atom stereocenters. The molecule has 1 N–H and O–H groups in total. The van der Waals surface area contributed by atoms with Gasteiger partial charge < -0.3 is 4.74 Å². The van der Waals surface area contributed by atoms with Gasteiger partial charge in [-0.25, -0.2) is 13.2 Å². The number of halogens is 1. The molecule has 1 aromatic heterocycles. The predicted octanol–water partition coefficient (Wildman–Crippen LogP) is 0.590. The number of ether oxygens (including phenoxy) is 1. The first-order chi connectivity index (χ1) is 10.8. The predicted molar refractivity (Wildman–Crippen MR) is 85.1 cm³/mol. The summed E-state index contributed by atoms with van der Waals surface area (Å²) in [6, 6.07) is 3.03. The molecule has 0 saturated carbocycles. The summed E-state index contributed by atoms with van der Waals surface area (Å²) in [5.41, 5.74) is 0. The molecule has 1 aromatic rings. The summed E-state index contributed by atoms with van der Waals surface area (Å²) in [7, 11) is -2.38. The SMILES string of the molecule is COC(=O)NC(=O)CN1CCN(S(=O)(=O)c2ccc(Cl)s2)CC1. The van der Waals surface area contributed by atoms with E-state index in [2.05, 4.69) is 10.1 Å². The number of hydrogen-bond acceptors (Lipinski definition) is 7. The Labute approximate surface area is 143 Å². The normalized spacial score (nSPS) is 17.0. The van der Waals surface area contributed by atoms with Gasteiger partial charge in [-0.3, -0.25) is 15.0 Å². The summed E-state index contributed by atoms with van der Waals surface area (Å²) in [4.78, 5) is 24.3. The standard InChI is InChI=1S/C12H16ClN3O5S2/c1-21-12(18)14-10(17)8-15-4-6-16(7-5-15)23(19,20)11-3-2-9(13)22-11/h2-3H,4-8H2,1H3,(H,14,17,18). The van der Waals surface area contributed by atoms with Gasteiger partial charge >= 0.3 is 6.09 Å². The van der Waals surface area contributed by atoms with Crippen LogP contribution in [0.2, 0.25) is 4.34 Å². The lowest BCUT2D eigenvalue weighted by Crippen LogP contribution is -2.51. The minimum Gasteiger partial charge on any atom is -0.453 e. The molecule has 8 nitrogen and oxygen atoms in total. The molecule has 2 amide bonds. The molecule has 0 spiro atoms. The van der Waals surface area contributed by atoms with Crippen LogP contribution in [0.4, 0.5) is 4.79 Å². The van der Waals surface area contributed by atoms with Gasteiger partial charge in [0.05, 0.1) is 18.0 Å². The zero-order valence-corrected chi connectivity index (χ0v) is 14.7. The summed E-state index contributed by atoms with van der Waals surface area (Å²) in [5, 5.41) is 2.06. The molecule has 1 aliphatic heterocycles. The number of sulfonamides is 1. The summed E-state index contributed by atoms with van der Waals surface area (Å²) in [6.07, 6.45) is -0.814. The molecule has 0 radical (unpaired) electrons. The lowest BCUT2D eigenvalue weighted by atomic mass is 10.3. The van der Waals surface area contributed by atoms with Crippen molar-refractivity contribution < 1.29 is 22.7 Å². The number of carbonyl (C=O) groups excluding carboxylic acids is 2. The average molecular weight is 382 g/mol. The van der Waals surface area contributed by atoms with Gasteiger partial charge in [-0.2, -0.15) is 4.31 Å². The number of piperazine rings is 1. The summed E-state index contributed by atoms with van der Waals surface area (Å²) < 4.78 is 31.2. The lowest BCUT2D eigenvalue weighted by Gasteiger charge is -2.33. The fourth-order valence-electron chi connectivity index (χ4n) is 2.10. The van der Waals surface area contributed by atoms with Crippen molar-refractivity contribution in [2.24, 2.45) is 0 Å². The van der Waals surface area contributed by atoms with E-state index in [-0.39, 0.29) is 23.8 Å². The van der Waals surface area contributed by atoms with E-state index in [1.54, 1.807) is 11.0 Å². The molecule has 0 bridgehead atoms. The third-order valence-electron chi connectivity index (χ3n) is 3.27. The zero-order valence-electron chi connectivity index (χ0n) is 12.3. The second-order valence-electron chi connectivity index (χ2n) is 4.78. The number of imide groups is 1. The van der Waals surface area contributed by atoms with E-state index in [0.717, 1.165) is 11.3 Å². The third-order valence-corrected chi connectivity index (χ3v) is 6.87. The summed E-state index contributed by atoms with van der Waals surface area (Å²) in [6.45, 7) is 1.33. The van der Waals surface area contributed by atoms with Crippen LogP contribution < -0.4 is 5.32 Å². The van der Waals surface area contributed by atoms with Crippen molar-refractivity contribution in [3.63, 3.8) is 0 Å². The van der Waals surface area contributed by atoms with E-state index < -0.39 is 22.0 Å². The number of carbonyl (C=O) groups is 2. The van der Waals surface area contributed by atoms with Crippen molar-refractivity contribution >= 4 is 45.0 Å². The van der Waals surface area contributed by atoms with E-state index >= 15 is 0 Å². The highest BCUT2D eigenvalue weighted by molar-refractivity contribution is 7.91. The van der Waals surface area contributed by atoms with Crippen molar-refractivity contribution in [1.82, 2.24) is 14.5 Å². The Morgan fingerprint density at radius 2 is 1.96 bits per heavy atom. The van der Waals surface area contributed by atoms with Crippen molar-refractivity contribution in [2.75, 3.05) is 39.8 Å². The monoisotopic (exact) mass is 381 g/mol. The molecule has 1 fully saturated rings. The van der Waals surface area contributed by atoms with Crippen LogP contribution in [-0.2, 0) is 19.6 Å². The maximum Gasteiger partial charge on any atom is 0.413 e. The van der Waals surface area contributed by atoms with Gasteiger partial charge in [0.1, 0.15) is 4.21 Å². The molecule has 11 heteroatoms. The van der Waals surface area contributed by atoms with Gasteiger partial charge in [0.25, 0.3) is 10.0 Å². The van der Waals surface area contributed by atoms with Crippen LogP contribution in [0, 0.1) is 0 Å². The van der Waals surface area contributed by atoms with Crippen molar-refractivity contribution in [3.05, 3.63) is 16.5 Å². The van der Waals surface area contributed by atoms with Crippen molar-refractivity contribution in [1.29, 1.82) is 0 Å². The molecule has 0 atom stereocenters. The largest absolute Gasteiger partial charge is 0.453 e. The smallest absolute Gasteiger partial charge is 0.413 e. The molecule has 128 valence electrons. The lowest BCUT2D eigenvalue weighted by molar-refractivity contribution is -0.121. The van der Waals surface area contributed by atoms with Crippen molar-refractivity contribution in [3.8, 4) is 0 Å². The number of alkyl carbamates (subject to hydrolysis) is 1. The molecule has 2 heterocycles. The van der Waals surface area contributed by atoms with Gasteiger partial charge in [0.15, 0.2) is 0 Å². The van der Waals surface area contributed by atoms with Crippen LogP contribution in [0.3, 0.4) is 0 Å². The van der Waals surface area contributed by atoms with Crippen LogP contribution in [0.15, 0.2) is 16.3 Å². The van der Waals surface area contributed by atoms with Gasteiger partial charge in [-0.15, -0.1) is 11.3 Å². The first-order valence-electron chi connectivity index (χ1n) is 6.68. The topological polar surface area (TPSA) is 96.0 Å². The van der Waals surface area contributed by atoms with Crippen LogP contribution in [0.5, 0.6) is 0 Å². The molecule has 2 rings (SSSR count). The highest BCUT2D eigenvalue weighted by Gasteiger charge is 2.30. The van der Waals surface area contributed by atoms with Crippen LogP contribution in [-0.4, -0.2) is 69.5 Å². The maximum absolute atomic E-state index is 12.4. The molecule has 23 heavy (non-hydrogen) atoms. The van der Waals surface area contributed by atoms with Gasteiger partial charge in [0.2, 0.25) is 5.91 Å². The minimum absolute atomic E-state index is 0.00776. The molecule has 0 aliphatic carbocycles. The number of rotatable bonds is 4. The Hall–Kier alpha value is -1.20. The number of amides is 2. The number of nitrogens with one attached hydrogen (secondary N) is 1. The first-order valence-corrected chi connectivity index (χ1v) is 9.32.